The van der Waals surface area contributed by atoms with Crippen LogP contribution in [0.4, 0.5) is 0 Å². The van der Waals surface area contributed by atoms with Crippen LogP contribution in [0.2, 0.25) is 0 Å². The molecule has 0 aliphatic heterocycles. The van der Waals surface area contributed by atoms with Gasteiger partial charge in [-0.05, 0) is 43.7 Å². The maximum atomic E-state index is 12.3. The molecule has 3 N–H and O–H groups in total. The molecule has 3 rings (SSSR count). The van der Waals surface area contributed by atoms with Crippen LogP contribution >= 0.6 is 11.3 Å². The average molecular weight is 329 g/mol. The Morgan fingerprint density at radius 3 is 2.65 bits per heavy atom. The number of H-pyrrole nitrogens is 1. The maximum absolute atomic E-state index is 12.3. The first-order chi connectivity index (χ1) is 11.0. The van der Waals surface area contributed by atoms with E-state index in [2.05, 4.69) is 9.97 Å². The Morgan fingerprint density at radius 1 is 1.30 bits per heavy atom. The molecule has 0 unspecified atom stereocenters. The van der Waals surface area contributed by atoms with Gasteiger partial charge in [-0.15, -0.1) is 11.3 Å². The van der Waals surface area contributed by atoms with Crippen molar-refractivity contribution in [3.05, 3.63) is 45.1 Å². The van der Waals surface area contributed by atoms with E-state index in [1.807, 2.05) is 13.8 Å². The molecule has 7 heteroatoms. The smallest absolute Gasteiger partial charge is 0.260 e. The molecular formula is C16H15N3O3S. The lowest BCUT2D eigenvalue weighted by Gasteiger charge is -2.05. The zero-order valence-corrected chi connectivity index (χ0v) is 13.5. The predicted octanol–water partition coefficient (Wildman–Crippen LogP) is 2.13. The van der Waals surface area contributed by atoms with Crippen molar-refractivity contribution >= 4 is 27.5 Å². The number of amides is 1. The second-order valence-electron chi connectivity index (χ2n) is 5.16. The summed E-state index contributed by atoms with van der Waals surface area (Å²) in [6, 6.07) is 6.95. The van der Waals surface area contributed by atoms with Crippen LogP contribution in [0.25, 0.3) is 21.6 Å². The van der Waals surface area contributed by atoms with Gasteiger partial charge in [0.25, 0.3) is 11.5 Å². The molecule has 0 spiro atoms. The number of carbonyl (C=O) groups is 1. The van der Waals surface area contributed by atoms with E-state index in [4.69, 9.17) is 10.5 Å². The Kier molecular flexibility index (Phi) is 3.87. The number of nitrogens with two attached hydrogens (primary N) is 1. The van der Waals surface area contributed by atoms with E-state index in [1.54, 1.807) is 24.3 Å². The van der Waals surface area contributed by atoms with Gasteiger partial charge in [0.2, 0.25) is 0 Å². The van der Waals surface area contributed by atoms with Crippen LogP contribution < -0.4 is 16.0 Å². The summed E-state index contributed by atoms with van der Waals surface area (Å²) in [6.45, 7) is 3.73. The molecular weight excluding hydrogens is 314 g/mol. The largest absolute Gasteiger partial charge is 0.484 e. The Bertz CT molecular complexity index is 942. The number of fused-ring (bicyclic) bond motifs is 1. The fourth-order valence-electron chi connectivity index (χ4n) is 2.25. The first-order valence-corrected chi connectivity index (χ1v) is 7.79. The molecule has 0 fully saturated rings. The van der Waals surface area contributed by atoms with E-state index >= 15 is 0 Å². The fraction of sp³-hybridized carbons (Fsp3) is 0.188. The van der Waals surface area contributed by atoms with E-state index in [-0.39, 0.29) is 12.2 Å². The highest BCUT2D eigenvalue weighted by atomic mass is 32.1. The zero-order valence-electron chi connectivity index (χ0n) is 12.7. The molecule has 0 radical (unpaired) electrons. The number of carbonyl (C=O) groups excluding carboxylic acids is 1. The van der Waals surface area contributed by atoms with E-state index in [1.165, 1.54) is 11.3 Å². The van der Waals surface area contributed by atoms with Crippen molar-refractivity contribution in [2.45, 2.75) is 13.8 Å². The molecule has 1 aromatic carbocycles. The lowest BCUT2D eigenvalue weighted by Crippen LogP contribution is -2.19. The second kappa shape index (κ2) is 5.85. The van der Waals surface area contributed by atoms with Crippen molar-refractivity contribution in [3.63, 3.8) is 0 Å². The average Bonchev–Trinajstić information content (AvgIpc) is 2.81. The van der Waals surface area contributed by atoms with Gasteiger partial charge in [-0.3, -0.25) is 9.59 Å². The topological polar surface area (TPSA) is 98.1 Å². The summed E-state index contributed by atoms with van der Waals surface area (Å²) >= 11 is 1.51. The Morgan fingerprint density at radius 2 is 2.00 bits per heavy atom. The third kappa shape index (κ3) is 2.95. The fourth-order valence-corrected chi connectivity index (χ4v) is 3.28. The quantitative estimate of drug-likeness (QED) is 0.766. The highest BCUT2D eigenvalue weighted by Crippen LogP contribution is 2.27. The first kappa shape index (κ1) is 15.2. The molecule has 0 atom stereocenters. The van der Waals surface area contributed by atoms with Crippen LogP contribution in [0.3, 0.4) is 0 Å². The Hall–Kier alpha value is -2.67. The number of thiophene rings is 1. The molecule has 118 valence electrons. The number of benzene rings is 1. The van der Waals surface area contributed by atoms with Crippen LogP contribution in [-0.2, 0) is 4.79 Å². The van der Waals surface area contributed by atoms with Crippen LogP contribution in [0.5, 0.6) is 5.75 Å². The molecule has 2 aromatic heterocycles. The number of nitrogens with one attached hydrogen (secondary N) is 1. The van der Waals surface area contributed by atoms with Gasteiger partial charge in [-0.2, -0.15) is 0 Å². The van der Waals surface area contributed by atoms with Gasteiger partial charge >= 0.3 is 0 Å². The molecule has 3 aromatic rings. The van der Waals surface area contributed by atoms with E-state index in [0.717, 1.165) is 20.8 Å². The monoisotopic (exact) mass is 329 g/mol. The van der Waals surface area contributed by atoms with Gasteiger partial charge < -0.3 is 15.5 Å². The van der Waals surface area contributed by atoms with Gasteiger partial charge in [0.1, 0.15) is 16.4 Å². The van der Waals surface area contributed by atoms with Crippen molar-refractivity contribution < 1.29 is 9.53 Å². The van der Waals surface area contributed by atoms with Crippen molar-refractivity contribution in [1.82, 2.24) is 9.97 Å². The minimum Gasteiger partial charge on any atom is -0.484 e. The Labute approximate surface area is 135 Å². The Balaban J connectivity index is 1.97. The van der Waals surface area contributed by atoms with Crippen molar-refractivity contribution in [1.29, 1.82) is 0 Å². The summed E-state index contributed by atoms with van der Waals surface area (Å²) < 4.78 is 5.21. The standard InChI is InChI=1S/C16H15N3O3S/c1-8-9(2)23-16-13(8)15(21)18-14(19-16)10-3-5-11(6-4-10)22-7-12(17)20/h3-6H,7H2,1-2H3,(H2,17,20)(H,18,19,21). The SMILES string of the molecule is Cc1sc2nc(-c3ccc(OCC(N)=O)cc3)[nH]c(=O)c2c1C. The number of primary amides is 1. The zero-order chi connectivity index (χ0) is 16.6. The van der Waals surface area contributed by atoms with Crippen molar-refractivity contribution in [3.8, 4) is 17.1 Å². The summed E-state index contributed by atoms with van der Waals surface area (Å²) in [5, 5.41) is 0.651. The first-order valence-electron chi connectivity index (χ1n) is 6.97. The van der Waals surface area contributed by atoms with Crippen molar-refractivity contribution in [2.75, 3.05) is 6.61 Å². The summed E-state index contributed by atoms with van der Waals surface area (Å²) in [5.74, 6) is 0.498. The minimum atomic E-state index is -0.533. The van der Waals surface area contributed by atoms with Gasteiger partial charge in [-0.25, -0.2) is 4.98 Å². The third-order valence-electron chi connectivity index (χ3n) is 3.55. The summed E-state index contributed by atoms with van der Waals surface area (Å²) in [7, 11) is 0. The highest BCUT2D eigenvalue weighted by Gasteiger charge is 2.12. The minimum absolute atomic E-state index is 0.138. The molecule has 0 aliphatic carbocycles. The van der Waals surface area contributed by atoms with Gasteiger partial charge in [0.05, 0.1) is 5.39 Å². The highest BCUT2D eigenvalue weighted by molar-refractivity contribution is 7.18. The van der Waals surface area contributed by atoms with Crippen LogP contribution in [-0.4, -0.2) is 22.5 Å². The van der Waals surface area contributed by atoms with Gasteiger partial charge in [0.15, 0.2) is 6.61 Å². The number of ether oxygens (including phenoxy) is 1. The molecule has 1 amide bonds. The van der Waals surface area contributed by atoms with Gasteiger partial charge in [0, 0.05) is 10.4 Å². The van der Waals surface area contributed by atoms with E-state index in [9.17, 15) is 9.59 Å². The van der Waals surface area contributed by atoms with Crippen molar-refractivity contribution in [2.24, 2.45) is 5.73 Å². The summed E-state index contributed by atoms with van der Waals surface area (Å²) in [5.41, 5.74) is 6.63. The van der Waals surface area contributed by atoms with E-state index < -0.39 is 5.91 Å². The van der Waals surface area contributed by atoms with Crippen LogP contribution in [0.1, 0.15) is 10.4 Å². The normalized spacial score (nSPS) is 10.9. The number of rotatable bonds is 4. The van der Waals surface area contributed by atoms with E-state index in [0.29, 0.717) is 17.0 Å². The molecule has 0 saturated heterocycles. The number of nitrogens with zero attached hydrogens (tertiary/aromatic N) is 1. The molecule has 6 nitrogen and oxygen atoms in total. The maximum Gasteiger partial charge on any atom is 0.260 e. The molecule has 23 heavy (non-hydrogen) atoms. The van der Waals surface area contributed by atoms with Gasteiger partial charge in [-0.1, -0.05) is 0 Å². The molecule has 0 saturated carbocycles. The number of aromatic amines is 1. The lowest BCUT2D eigenvalue weighted by molar-refractivity contribution is -0.119. The lowest BCUT2D eigenvalue weighted by atomic mass is 10.2. The molecule has 2 heterocycles. The number of hydrogen-bond donors (Lipinski definition) is 2. The number of aromatic nitrogens is 2. The third-order valence-corrected chi connectivity index (χ3v) is 4.65. The number of hydrogen-bond acceptors (Lipinski definition) is 5. The summed E-state index contributed by atoms with van der Waals surface area (Å²) in [6.07, 6.45) is 0. The molecule has 0 bridgehead atoms. The summed E-state index contributed by atoms with van der Waals surface area (Å²) in [4.78, 5) is 32.2. The van der Waals surface area contributed by atoms with Crippen LogP contribution in [0, 0.1) is 13.8 Å². The number of aryl methyl sites for hydroxylation is 2. The van der Waals surface area contributed by atoms with Crippen LogP contribution in [0.15, 0.2) is 29.1 Å². The molecule has 0 aliphatic rings. The second-order valence-corrected chi connectivity index (χ2v) is 6.36. The predicted molar refractivity (Wildman–Crippen MR) is 89.8 cm³/mol.